The molecule has 0 saturated heterocycles. The first-order chi connectivity index (χ1) is 21.3. The van der Waals surface area contributed by atoms with Crippen LogP contribution in [0.25, 0.3) is 0 Å². The first-order valence-electron chi connectivity index (χ1n) is 13.5. The molecule has 0 heterocycles. The second-order valence-corrected chi connectivity index (χ2v) is 10.8. The second-order valence-electron chi connectivity index (χ2n) is 10.8. The molecule has 0 aliphatic rings. The predicted octanol–water partition coefficient (Wildman–Crippen LogP) is 5.48. The Labute approximate surface area is 257 Å². The number of nitrogens with one attached hydrogen (secondary N) is 2. The maximum atomic E-state index is 12.6. The van der Waals surface area contributed by atoms with Gasteiger partial charge in [-0.2, -0.15) is 0 Å². The Balaban J connectivity index is 1.27. The van der Waals surface area contributed by atoms with Gasteiger partial charge in [0.25, 0.3) is 11.8 Å². The van der Waals surface area contributed by atoms with E-state index in [0.29, 0.717) is 22.9 Å². The lowest BCUT2D eigenvalue weighted by molar-refractivity contribution is 0.0683. The molecule has 45 heavy (non-hydrogen) atoms. The minimum atomic E-state index is -1.29. The van der Waals surface area contributed by atoms with Gasteiger partial charge in [-0.15, -0.1) is 0 Å². The normalized spacial score (nSPS) is 10.9. The van der Waals surface area contributed by atoms with Crippen LogP contribution in [-0.2, 0) is 0 Å². The molecule has 0 aliphatic heterocycles. The molecule has 0 spiro atoms. The molecule has 0 saturated carbocycles. The molecule has 4 aromatic carbocycles. The second kappa shape index (κ2) is 13.5. The van der Waals surface area contributed by atoms with Crippen LogP contribution in [0.15, 0.2) is 84.9 Å². The molecule has 2 amide bonds. The standard InChI is InChI=1S/C33H30N2O10/c1-33(2,17-44-23-9-3-19(4-10-23)34-29(38)27-15-21(36)7-13-25(27)31(40)41)18-45-24-11-5-20(6-12-24)35-30(39)28-16-22(37)8-14-26(28)32(42)43/h3-16,36-37H,17-18H2,1-2H3,(H,34,38)(H,35,39)(H,40,41)(H,42,43). The van der Waals surface area contributed by atoms with Gasteiger partial charge in [0.2, 0.25) is 0 Å². The van der Waals surface area contributed by atoms with E-state index in [4.69, 9.17) is 9.47 Å². The van der Waals surface area contributed by atoms with Crippen molar-refractivity contribution in [2.45, 2.75) is 13.8 Å². The summed E-state index contributed by atoms with van der Waals surface area (Å²) in [6, 6.07) is 19.9. The number of amides is 2. The summed E-state index contributed by atoms with van der Waals surface area (Å²) in [5.41, 5.74) is -0.447. The van der Waals surface area contributed by atoms with Crippen molar-refractivity contribution in [2.24, 2.45) is 5.41 Å². The molecule has 0 bridgehead atoms. The zero-order valence-corrected chi connectivity index (χ0v) is 24.2. The first kappa shape index (κ1) is 31.9. The third-order valence-electron chi connectivity index (χ3n) is 6.44. The molecule has 0 atom stereocenters. The van der Waals surface area contributed by atoms with Crippen molar-refractivity contribution in [3.63, 3.8) is 0 Å². The molecule has 0 radical (unpaired) electrons. The monoisotopic (exact) mass is 614 g/mol. The van der Waals surface area contributed by atoms with Crippen molar-refractivity contribution in [1.29, 1.82) is 0 Å². The molecule has 12 heteroatoms. The number of anilines is 2. The summed E-state index contributed by atoms with van der Waals surface area (Å²) >= 11 is 0. The summed E-state index contributed by atoms with van der Waals surface area (Å²) in [7, 11) is 0. The van der Waals surface area contributed by atoms with Crippen LogP contribution in [0.4, 0.5) is 11.4 Å². The zero-order valence-electron chi connectivity index (χ0n) is 24.2. The molecular weight excluding hydrogens is 584 g/mol. The Kier molecular flexibility index (Phi) is 9.57. The zero-order chi connectivity index (χ0) is 32.7. The number of carboxylic acids is 2. The number of rotatable bonds is 12. The molecule has 0 aromatic heterocycles. The predicted molar refractivity (Wildman–Crippen MR) is 164 cm³/mol. The summed E-state index contributed by atoms with van der Waals surface area (Å²) in [5, 5.41) is 43.2. The van der Waals surface area contributed by atoms with E-state index in [1.165, 1.54) is 12.1 Å². The van der Waals surface area contributed by atoms with Crippen LogP contribution >= 0.6 is 0 Å². The smallest absolute Gasteiger partial charge is 0.336 e. The van der Waals surface area contributed by atoms with Crippen LogP contribution in [0.1, 0.15) is 55.3 Å². The van der Waals surface area contributed by atoms with E-state index in [1.54, 1.807) is 48.5 Å². The van der Waals surface area contributed by atoms with Crippen molar-refractivity contribution >= 4 is 35.1 Å². The fraction of sp³-hybridized carbons (Fsp3) is 0.152. The van der Waals surface area contributed by atoms with Crippen molar-refractivity contribution in [1.82, 2.24) is 0 Å². The fourth-order valence-corrected chi connectivity index (χ4v) is 4.08. The van der Waals surface area contributed by atoms with E-state index in [0.717, 1.165) is 24.3 Å². The van der Waals surface area contributed by atoms with Crippen LogP contribution < -0.4 is 20.1 Å². The van der Waals surface area contributed by atoms with E-state index in [9.17, 15) is 39.6 Å². The number of carbonyl (C=O) groups is 4. The van der Waals surface area contributed by atoms with E-state index < -0.39 is 29.2 Å². The summed E-state index contributed by atoms with van der Waals surface area (Å²) in [5.74, 6) is -3.36. The molecule has 6 N–H and O–H groups in total. The molecule has 0 aliphatic carbocycles. The highest BCUT2D eigenvalue weighted by atomic mass is 16.5. The van der Waals surface area contributed by atoms with Crippen LogP contribution in [0, 0.1) is 5.41 Å². The number of carbonyl (C=O) groups excluding carboxylic acids is 2. The largest absolute Gasteiger partial charge is 0.508 e. The van der Waals surface area contributed by atoms with E-state index >= 15 is 0 Å². The van der Waals surface area contributed by atoms with Gasteiger partial charge in [0.05, 0.1) is 35.5 Å². The van der Waals surface area contributed by atoms with E-state index in [1.807, 2.05) is 13.8 Å². The number of aromatic carboxylic acids is 2. The third-order valence-corrected chi connectivity index (χ3v) is 6.44. The van der Waals surface area contributed by atoms with Gasteiger partial charge in [-0.25, -0.2) is 9.59 Å². The fourth-order valence-electron chi connectivity index (χ4n) is 4.08. The molecule has 232 valence electrons. The minimum absolute atomic E-state index is 0.174. The number of phenolic OH excluding ortho intramolecular Hbond substituents is 2. The number of carboxylic acid groups (broad SMARTS) is 2. The van der Waals surface area contributed by atoms with Gasteiger partial charge in [-0.05, 0) is 84.9 Å². The van der Waals surface area contributed by atoms with Crippen molar-refractivity contribution in [3.8, 4) is 23.0 Å². The van der Waals surface area contributed by atoms with Crippen LogP contribution in [0.3, 0.4) is 0 Å². The number of phenols is 2. The van der Waals surface area contributed by atoms with Crippen LogP contribution in [0.5, 0.6) is 23.0 Å². The van der Waals surface area contributed by atoms with Gasteiger partial charge in [0.1, 0.15) is 23.0 Å². The Morgan fingerprint density at radius 1 is 0.578 bits per heavy atom. The van der Waals surface area contributed by atoms with E-state index in [2.05, 4.69) is 10.6 Å². The minimum Gasteiger partial charge on any atom is -0.508 e. The third kappa shape index (κ3) is 8.51. The van der Waals surface area contributed by atoms with Gasteiger partial charge >= 0.3 is 11.9 Å². The summed E-state index contributed by atoms with van der Waals surface area (Å²) in [6.45, 7) is 4.46. The van der Waals surface area contributed by atoms with Gasteiger partial charge < -0.3 is 40.5 Å². The topological polar surface area (TPSA) is 192 Å². The SMILES string of the molecule is CC(C)(COc1ccc(NC(=O)c2cc(O)ccc2C(=O)O)cc1)COc1ccc(NC(=O)c2cc(O)ccc2C(=O)O)cc1. The van der Waals surface area contributed by atoms with Gasteiger partial charge in [0, 0.05) is 16.8 Å². The molecule has 0 unspecified atom stereocenters. The lowest BCUT2D eigenvalue weighted by Crippen LogP contribution is -2.28. The van der Waals surface area contributed by atoms with Gasteiger partial charge in [0.15, 0.2) is 0 Å². The van der Waals surface area contributed by atoms with Gasteiger partial charge in [-0.3, -0.25) is 9.59 Å². The van der Waals surface area contributed by atoms with Crippen molar-refractivity contribution in [3.05, 3.63) is 107 Å². The van der Waals surface area contributed by atoms with Crippen LogP contribution in [0.2, 0.25) is 0 Å². The van der Waals surface area contributed by atoms with Crippen molar-refractivity contribution in [2.75, 3.05) is 23.8 Å². The lowest BCUT2D eigenvalue weighted by atomic mass is 9.96. The first-order valence-corrected chi connectivity index (χ1v) is 13.5. The number of aromatic hydroxyl groups is 2. The quantitative estimate of drug-likeness (QED) is 0.119. The van der Waals surface area contributed by atoms with Crippen molar-refractivity contribution < 1.29 is 49.1 Å². The Bertz CT molecular complexity index is 1600. The molecule has 4 aromatic rings. The highest BCUT2D eigenvalue weighted by Crippen LogP contribution is 2.25. The highest BCUT2D eigenvalue weighted by Gasteiger charge is 2.22. The average Bonchev–Trinajstić information content (AvgIpc) is 3.00. The van der Waals surface area contributed by atoms with Crippen LogP contribution in [-0.4, -0.2) is 57.4 Å². The molecule has 12 nitrogen and oxygen atoms in total. The number of ether oxygens (including phenoxy) is 2. The Hall–Kier alpha value is -6.04. The summed E-state index contributed by atoms with van der Waals surface area (Å²) < 4.78 is 11.8. The number of benzene rings is 4. The van der Waals surface area contributed by atoms with Gasteiger partial charge in [-0.1, -0.05) is 13.8 Å². The Morgan fingerprint density at radius 2 is 0.933 bits per heavy atom. The maximum absolute atomic E-state index is 12.6. The summed E-state index contributed by atoms with van der Waals surface area (Å²) in [4.78, 5) is 48.1. The lowest BCUT2D eigenvalue weighted by Gasteiger charge is -2.25. The summed E-state index contributed by atoms with van der Waals surface area (Å²) in [6.07, 6.45) is 0. The molecule has 0 fully saturated rings. The number of hydrogen-bond acceptors (Lipinski definition) is 8. The Morgan fingerprint density at radius 3 is 1.27 bits per heavy atom. The highest BCUT2D eigenvalue weighted by molar-refractivity contribution is 6.11. The molecular formula is C33H30N2O10. The van der Waals surface area contributed by atoms with E-state index in [-0.39, 0.29) is 47.0 Å². The number of hydrogen-bond donors (Lipinski definition) is 6. The maximum Gasteiger partial charge on any atom is 0.336 e. The molecule has 4 rings (SSSR count). The average molecular weight is 615 g/mol.